The predicted molar refractivity (Wildman–Crippen MR) is 70.8 cm³/mol. The molecule has 4 N–H and O–H groups in total. The summed E-state index contributed by atoms with van der Waals surface area (Å²) in [4.78, 5) is 33.7. The van der Waals surface area contributed by atoms with Gasteiger partial charge >= 0.3 is 11.9 Å². The highest BCUT2D eigenvalue weighted by atomic mass is 16.5. The zero-order valence-corrected chi connectivity index (χ0v) is 11.0. The van der Waals surface area contributed by atoms with Crippen LogP contribution in [-0.2, 0) is 25.5 Å². The molecule has 0 radical (unpaired) electrons. The van der Waals surface area contributed by atoms with Gasteiger partial charge in [-0.25, -0.2) is 4.79 Å². The van der Waals surface area contributed by atoms with E-state index in [1.165, 1.54) is 0 Å². The minimum absolute atomic E-state index is 0.0179. The number of nitrogens with one attached hydrogen (secondary N) is 1. The summed E-state index contributed by atoms with van der Waals surface area (Å²) in [5, 5.41) is 11.2. The molecular formula is C13H16N2O5. The molecule has 0 spiro atoms. The molecule has 0 unspecified atom stereocenters. The Morgan fingerprint density at radius 3 is 2.65 bits per heavy atom. The number of hydrogen-bond acceptors (Lipinski definition) is 5. The number of methoxy groups -OCH3 is 1. The second-order valence-corrected chi connectivity index (χ2v) is 4.16. The monoisotopic (exact) mass is 280 g/mol. The zero-order valence-electron chi connectivity index (χ0n) is 11.0. The van der Waals surface area contributed by atoms with Crippen molar-refractivity contribution < 1.29 is 24.2 Å². The third-order valence-electron chi connectivity index (χ3n) is 2.55. The van der Waals surface area contributed by atoms with E-state index in [0.29, 0.717) is 11.3 Å². The van der Waals surface area contributed by atoms with Crippen molar-refractivity contribution in [1.82, 2.24) is 5.32 Å². The van der Waals surface area contributed by atoms with Crippen molar-refractivity contribution >= 4 is 23.5 Å². The molecule has 1 aromatic rings. The van der Waals surface area contributed by atoms with Crippen LogP contribution in [0.4, 0.5) is 5.69 Å². The van der Waals surface area contributed by atoms with E-state index in [4.69, 9.17) is 10.8 Å². The maximum Gasteiger partial charge on any atom is 0.326 e. The number of nitrogen functional groups attached to an aromatic ring is 1. The highest BCUT2D eigenvalue weighted by Crippen LogP contribution is 2.07. The van der Waals surface area contributed by atoms with E-state index in [2.05, 4.69) is 10.1 Å². The lowest BCUT2D eigenvalue weighted by Gasteiger charge is -2.13. The van der Waals surface area contributed by atoms with Gasteiger partial charge < -0.3 is 20.9 Å². The van der Waals surface area contributed by atoms with Crippen LogP contribution < -0.4 is 11.1 Å². The van der Waals surface area contributed by atoms with Gasteiger partial charge in [0.05, 0.1) is 20.0 Å². The third-order valence-corrected chi connectivity index (χ3v) is 2.55. The Hall–Kier alpha value is -2.57. The molecule has 0 heterocycles. The molecular weight excluding hydrogens is 264 g/mol. The van der Waals surface area contributed by atoms with Crippen molar-refractivity contribution in [2.75, 3.05) is 12.8 Å². The van der Waals surface area contributed by atoms with Crippen LogP contribution in [0.15, 0.2) is 24.3 Å². The molecule has 20 heavy (non-hydrogen) atoms. The summed E-state index contributed by atoms with van der Waals surface area (Å²) in [6, 6.07) is 5.39. The van der Waals surface area contributed by atoms with Crippen LogP contribution in [0.3, 0.4) is 0 Å². The number of aliphatic carboxylic acids is 1. The quantitative estimate of drug-likeness (QED) is 0.496. The smallest absolute Gasteiger partial charge is 0.326 e. The van der Waals surface area contributed by atoms with Gasteiger partial charge in [0, 0.05) is 5.69 Å². The molecule has 7 nitrogen and oxygen atoms in total. The van der Waals surface area contributed by atoms with E-state index >= 15 is 0 Å². The van der Waals surface area contributed by atoms with E-state index in [0.717, 1.165) is 7.11 Å². The van der Waals surface area contributed by atoms with Gasteiger partial charge in [0.15, 0.2) is 0 Å². The van der Waals surface area contributed by atoms with E-state index < -0.39 is 30.3 Å². The Kier molecular flexibility index (Phi) is 5.52. The van der Waals surface area contributed by atoms with Gasteiger partial charge in [0.2, 0.25) is 5.91 Å². The van der Waals surface area contributed by atoms with Crippen LogP contribution in [0.25, 0.3) is 0 Å². The normalized spacial score (nSPS) is 11.4. The Balaban J connectivity index is 2.62. The molecule has 1 rings (SSSR count). The summed E-state index contributed by atoms with van der Waals surface area (Å²) in [6.45, 7) is 0. The van der Waals surface area contributed by atoms with Crippen LogP contribution in [0, 0.1) is 0 Å². The summed E-state index contributed by atoms with van der Waals surface area (Å²) < 4.78 is 4.38. The minimum Gasteiger partial charge on any atom is -0.480 e. The van der Waals surface area contributed by atoms with Gasteiger partial charge in [-0.2, -0.15) is 0 Å². The lowest BCUT2D eigenvalue weighted by atomic mass is 10.1. The number of hydrogen-bond donors (Lipinski definition) is 3. The molecule has 1 amide bonds. The number of esters is 1. The van der Waals surface area contributed by atoms with E-state index in [-0.39, 0.29) is 6.42 Å². The molecule has 0 saturated carbocycles. The van der Waals surface area contributed by atoms with Crippen molar-refractivity contribution in [3.8, 4) is 0 Å². The standard InChI is InChI=1S/C13H16N2O5/c1-20-12(17)7-10(13(18)19)15-11(16)6-8-3-2-4-9(14)5-8/h2-5,10H,6-7,14H2,1H3,(H,15,16)(H,18,19)/t10-/m0/s1. The SMILES string of the molecule is COC(=O)C[C@H](NC(=O)Cc1cccc(N)c1)C(=O)O. The summed E-state index contributed by atoms with van der Waals surface area (Å²) in [6.07, 6.45) is -0.440. The Morgan fingerprint density at radius 1 is 1.40 bits per heavy atom. The lowest BCUT2D eigenvalue weighted by Crippen LogP contribution is -2.43. The molecule has 0 aliphatic rings. The highest BCUT2D eigenvalue weighted by molar-refractivity contribution is 5.88. The average molecular weight is 280 g/mol. The lowest BCUT2D eigenvalue weighted by molar-refractivity contribution is -0.148. The Morgan fingerprint density at radius 2 is 2.10 bits per heavy atom. The van der Waals surface area contributed by atoms with E-state index in [1.54, 1.807) is 24.3 Å². The van der Waals surface area contributed by atoms with Gasteiger partial charge in [-0.05, 0) is 17.7 Å². The molecule has 1 aromatic carbocycles. The van der Waals surface area contributed by atoms with Crippen LogP contribution in [0.2, 0.25) is 0 Å². The molecule has 7 heteroatoms. The minimum atomic E-state index is -1.31. The summed E-state index contributed by atoms with van der Waals surface area (Å²) in [7, 11) is 1.15. The summed E-state index contributed by atoms with van der Waals surface area (Å²) >= 11 is 0. The van der Waals surface area contributed by atoms with Crippen molar-refractivity contribution in [2.24, 2.45) is 0 Å². The number of amides is 1. The number of carbonyl (C=O) groups is 3. The molecule has 0 bridgehead atoms. The maximum absolute atomic E-state index is 11.7. The Bertz CT molecular complexity index is 515. The van der Waals surface area contributed by atoms with Gasteiger partial charge in [-0.1, -0.05) is 12.1 Å². The van der Waals surface area contributed by atoms with E-state index in [1.807, 2.05) is 0 Å². The largest absolute Gasteiger partial charge is 0.480 e. The average Bonchev–Trinajstić information content (AvgIpc) is 2.37. The van der Waals surface area contributed by atoms with Crippen molar-refractivity contribution in [2.45, 2.75) is 18.9 Å². The van der Waals surface area contributed by atoms with Gasteiger partial charge in [-0.3, -0.25) is 9.59 Å². The Labute approximate surface area is 115 Å². The van der Waals surface area contributed by atoms with Crippen LogP contribution in [0.1, 0.15) is 12.0 Å². The molecule has 0 fully saturated rings. The van der Waals surface area contributed by atoms with Crippen molar-refractivity contribution in [3.05, 3.63) is 29.8 Å². The fraction of sp³-hybridized carbons (Fsp3) is 0.308. The third kappa shape index (κ3) is 4.97. The van der Waals surface area contributed by atoms with Crippen LogP contribution >= 0.6 is 0 Å². The number of anilines is 1. The van der Waals surface area contributed by atoms with Crippen LogP contribution in [0.5, 0.6) is 0 Å². The van der Waals surface area contributed by atoms with Gasteiger partial charge in [0.1, 0.15) is 6.04 Å². The number of carbonyl (C=O) groups excluding carboxylic acids is 2. The molecule has 1 atom stereocenters. The number of rotatable bonds is 6. The first-order chi connectivity index (χ1) is 9.42. The first kappa shape index (κ1) is 15.5. The maximum atomic E-state index is 11.7. The molecule has 0 aliphatic carbocycles. The molecule has 108 valence electrons. The van der Waals surface area contributed by atoms with Crippen molar-refractivity contribution in [1.29, 1.82) is 0 Å². The topological polar surface area (TPSA) is 119 Å². The van der Waals surface area contributed by atoms with E-state index in [9.17, 15) is 14.4 Å². The molecule has 0 aliphatic heterocycles. The second kappa shape index (κ2) is 7.13. The zero-order chi connectivity index (χ0) is 15.1. The summed E-state index contributed by atoms with van der Waals surface area (Å²) in [5.74, 6) is -2.51. The summed E-state index contributed by atoms with van der Waals surface area (Å²) in [5.41, 5.74) is 6.75. The van der Waals surface area contributed by atoms with Crippen LogP contribution in [-0.4, -0.2) is 36.1 Å². The van der Waals surface area contributed by atoms with Crippen molar-refractivity contribution in [3.63, 3.8) is 0 Å². The predicted octanol–water partition coefficient (Wildman–Crippen LogP) is -0.0562. The number of benzene rings is 1. The first-order valence-electron chi connectivity index (χ1n) is 5.85. The number of nitrogens with two attached hydrogens (primary N) is 1. The van der Waals surface area contributed by atoms with Gasteiger partial charge in [0.25, 0.3) is 0 Å². The fourth-order valence-electron chi connectivity index (χ4n) is 1.58. The second-order valence-electron chi connectivity index (χ2n) is 4.16. The number of carboxylic acid groups (broad SMARTS) is 1. The molecule has 0 saturated heterocycles. The first-order valence-corrected chi connectivity index (χ1v) is 5.85. The number of ether oxygens (including phenoxy) is 1. The highest BCUT2D eigenvalue weighted by Gasteiger charge is 2.23. The fourth-order valence-corrected chi connectivity index (χ4v) is 1.58. The number of carboxylic acids is 1. The molecule has 0 aromatic heterocycles. The van der Waals surface area contributed by atoms with Gasteiger partial charge in [-0.15, -0.1) is 0 Å².